The molecule has 0 aliphatic rings. The molecule has 2 aromatic rings. The molecule has 0 spiro atoms. The van der Waals surface area contributed by atoms with E-state index in [1.54, 1.807) is 31.2 Å². The zero-order valence-electron chi connectivity index (χ0n) is 11.6. The molecule has 0 radical (unpaired) electrons. The van der Waals surface area contributed by atoms with Gasteiger partial charge >= 0.3 is 0 Å². The van der Waals surface area contributed by atoms with Gasteiger partial charge in [-0.15, -0.1) is 0 Å². The molecule has 7 heteroatoms. The van der Waals surface area contributed by atoms with Gasteiger partial charge in [0.05, 0.1) is 21.6 Å². The van der Waals surface area contributed by atoms with E-state index < -0.39 is 16.9 Å². The minimum absolute atomic E-state index is 0.00676. The smallest absolute Gasteiger partial charge is 0.270 e. The second kappa shape index (κ2) is 6.55. The lowest BCUT2D eigenvalue weighted by Crippen LogP contribution is -2.12. The number of carbonyl (C=O) groups is 1. The van der Waals surface area contributed by atoms with Crippen LogP contribution in [0.25, 0.3) is 0 Å². The Balaban J connectivity index is 2.17. The number of amides is 1. The highest BCUT2D eigenvalue weighted by atomic mass is 35.5. The van der Waals surface area contributed by atoms with Crippen LogP contribution in [0.3, 0.4) is 0 Å². The van der Waals surface area contributed by atoms with Gasteiger partial charge in [-0.05, 0) is 30.7 Å². The summed E-state index contributed by atoms with van der Waals surface area (Å²) < 4.78 is 0. The lowest BCUT2D eigenvalue weighted by molar-refractivity contribution is -0.384. The van der Waals surface area contributed by atoms with Crippen LogP contribution in [-0.2, 0) is 0 Å². The number of nitrogens with one attached hydrogen (secondary N) is 1. The normalized spacial score (nSPS) is 11.8. The Morgan fingerprint density at radius 2 is 1.91 bits per heavy atom. The molecule has 2 rings (SSSR count). The van der Waals surface area contributed by atoms with Gasteiger partial charge in [0.15, 0.2) is 0 Å². The maximum atomic E-state index is 12.1. The summed E-state index contributed by atoms with van der Waals surface area (Å²) in [5.74, 6) is -0.468. The highest BCUT2D eigenvalue weighted by Gasteiger charge is 2.15. The summed E-state index contributed by atoms with van der Waals surface area (Å²) >= 11 is 5.90. The Labute approximate surface area is 131 Å². The summed E-state index contributed by atoms with van der Waals surface area (Å²) in [5.41, 5.74) is 1.23. The summed E-state index contributed by atoms with van der Waals surface area (Å²) in [6.07, 6.45) is -0.589. The van der Waals surface area contributed by atoms with E-state index >= 15 is 0 Å². The molecule has 0 unspecified atom stereocenters. The Bertz CT molecular complexity index is 714. The van der Waals surface area contributed by atoms with E-state index in [1.807, 2.05) is 0 Å². The first-order valence-electron chi connectivity index (χ1n) is 6.42. The maximum Gasteiger partial charge on any atom is 0.270 e. The van der Waals surface area contributed by atoms with Crippen LogP contribution in [0, 0.1) is 10.1 Å². The van der Waals surface area contributed by atoms with Crippen LogP contribution in [-0.4, -0.2) is 15.9 Å². The fourth-order valence-electron chi connectivity index (χ4n) is 1.85. The van der Waals surface area contributed by atoms with Crippen LogP contribution < -0.4 is 5.32 Å². The molecular formula is C15H13ClN2O4. The number of rotatable bonds is 4. The predicted octanol–water partition coefficient (Wildman–Crippen LogP) is 3.55. The van der Waals surface area contributed by atoms with Crippen LogP contribution >= 0.6 is 11.6 Å². The molecule has 0 aromatic heterocycles. The molecular weight excluding hydrogens is 308 g/mol. The quantitative estimate of drug-likeness (QED) is 0.665. The molecule has 1 atom stereocenters. The second-order valence-electron chi connectivity index (χ2n) is 4.67. The van der Waals surface area contributed by atoms with Crippen molar-refractivity contribution in [1.82, 2.24) is 0 Å². The van der Waals surface area contributed by atoms with E-state index in [2.05, 4.69) is 5.32 Å². The van der Waals surface area contributed by atoms with Crippen molar-refractivity contribution in [2.24, 2.45) is 0 Å². The van der Waals surface area contributed by atoms with Crippen LogP contribution in [0.5, 0.6) is 0 Å². The number of hydrogen-bond donors (Lipinski definition) is 2. The molecule has 2 aromatic carbocycles. The first-order chi connectivity index (χ1) is 10.4. The van der Waals surface area contributed by atoms with Gasteiger partial charge in [0, 0.05) is 17.8 Å². The SMILES string of the molecule is C[C@@H](O)c1ccc(NC(=O)c2ccc([N+](=O)[O-])cc2Cl)cc1. The molecule has 0 aliphatic heterocycles. The lowest BCUT2D eigenvalue weighted by atomic mass is 10.1. The van der Waals surface area contributed by atoms with E-state index in [1.165, 1.54) is 12.1 Å². The van der Waals surface area contributed by atoms with Crippen molar-refractivity contribution in [2.75, 3.05) is 5.32 Å². The van der Waals surface area contributed by atoms with Crippen LogP contribution in [0.4, 0.5) is 11.4 Å². The molecule has 0 saturated carbocycles. The fourth-order valence-corrected chi connectivity index (χ4v) is 2.11. The van der Waals surface area contributed by atoms with Crippen molar-refractivity contribution in [2.45, 2.75) is 13.0 Å². The number of hydrogen-bond acceptors (Lipinski definition) is 4. The predicted molar refractivity (Wildman–Crippen MR) is 83.1 cm³/mol. The summed E-state index contributed by atoms with van der Waals surface area (Å²) in [6.45, 7) is 1.64. The number of carbonyl (C=O) groups excluding carboxylic acids is 1. The third kappa shape index (κ3) is 3.60. The Morgan fingerprint density at radius 1 is 1.27 bits per heavy atom. The highest BCUT2D eigenvalue weighted by Crippen LogP contribution is 2.23. The minimum Gasteiger partial charge on any atom is -0.389 e. The molecule has 2 N–H and O–H groups in total. The summed E-state index contributed by atoms with van der Waals surface area (Å²) in [4.78, 5) is 22.2. The summed E-state index contributed by atoms with van der Waals surface area (Å²) in [5, 5.41) is 22.7. The molecule has 0 aliphatic carbocycles. The number of nitro benzene ring substituents is 1. The van der Waals surface area contributed by atoms with Crippen molar-refractivity contribution in [3.63, 3.8) is 0 Å². The highest BCUT2D eigenvalue weighted by molar-refractivity contribution is 6.34. The molecule has 114 valence electrons. The van der Waals surface area contributed by atoms with E-state index in [0.29, 0.717) is 5.69 Å². The summed E-state index contributed by atoms with van der Waals surface area (Å²) in [7, 11) is 0. The van der Waals surface area contributed by atoms with E-state index in [-0.39, 0.29) is 16.3 Å². The van der Waals surface area contributed by atoms with Crippen LogP contribution in [0.2, 0.25) is 5.02 Å². The molecule has 1 amide bonds. The van der Waals surface area contributed by atoms with Crippen molar-refractivity contribution in [3.05, 3.63) is 68.7 Å². The zero-order valence-corrected chi connectivity index (χ0v) is 12.4. The van der Waals surface area contributed by atoms with Gasteiger partial charge in [-0.3, -0.25) is 14.9 Å². The van der Waals surface area contributed by atoms with Gasteiger partial charge in [-0.2, -0.15) is 0 Å². The van der Waals surface area contributed by atoms with Gasteiger partial charge in [0.2, 0.25) is 0 Å². The Morgan fingerprint density at radius 3 is 2.41 bits per heavy atom. The first kappa shape index (κ1) is 15.9. The fraction of sp³-hybridized carbons (Fsp3) is 0.133. The topological polar surface area (TPSA) is 92.5 Å². The van der Waals surface area contributed by atoms with Crippen molar-refractivity contribution < 1.29 is 14.8 Å². The van der Waals surface area contributed by atoms with Gasteiger partial charge in [0.25, 0.3) is 11.6 Å². The van der Waals surface area contributed by atoms with Gasteiger partial charge in [-0.1, -0.05) is 23.7 Å². The third-order valence-corrected chi connectivity index (χ3v) is 3.37. The number of halogens is 1. The van der Waals surface area contributed by atoms with Crippen LogP contribution in [0.1, 0.15) is 28.9 Å². The molecule has 0 fully saturated rings. The molecule has 0 saturated heterocycles. The molecule has 0 bridgehead atoms. The monoisotopic (exact) mass is 320 g/mol. The van der Waals surface area contributed by atoms with E-state index in [9.17, 15) is 20.0 Å². The Hall–Kier alpha value is -2.44. The maximum absolute atomic E-state index is 12.1. The minimum atomic E-state index is -0.589. The Kier molecular flexibility index (Phi) is 4.75. The standard InChI is InChI=1S/C15H13ClN2O4/c1-9(19)10-2-4-11(5-3-10)17-15(20)13-7-6-12(18(21)22)8-14(13)16/h2-9,19H,1H3,(H,17,20)/t9-/m1/s1. The number of nitro groups is 1. The molecule has 6 nitrogen and oxygen atoms in total. The molecule has 22 heavy (non-hydrogen) atoms. The average molecular weight is 321 g/mol. The zero-order chi connectivity index (χ0) is 16.3. The lowest BCUT2D eigenvalue weighted by Gasteiger charge is -2.09. The number of aliphatic hydroxyl groups excluding tert-OH is 1. The van der Waals surface area contributed by atoms with Crippen molar-refractivity contribution in [1.29, 1.82) is 0 Å². The second-order valence-corrected chi connectivity index (χ2v) is 5.08. The largest absolute Gasteiger partial charge is 0.389 e. The molecule has 0 heterocycles. The number of aliphatic hydroxyl groups is 1. The van der Waals surface area contributed by atoms with E-state index in [0.717, 1.165) is 11.6 Å². The number of anilines is 1. The van der Waals surface area contributed by atoms with E-state index in [4.69, 9.17) is 11.6 Å². The van der Waals surface area contributed by atoms with Crippen molar-refractivity contribution in [3.8, 4) is 0 Å². The van der Waals surface area contributed by atoms with Crippen molar-refractivity contribution >= 4 is 28.9 Å². The summed E-state index contributed by atoms with van der Waals surface area (Å²) in [6, 6.07) is 10.3. The van der Waals surface area contributed by atoms with Gasteiger partial charge in [0.1, 0.15) is 0 Å². The average Bonchev–Trinajstić information content (AvgIpc) is 2.47. The number of benzene rings is 2. The first-order valence-corrected chi connectivity index (χ1v) is 6.79. The number of nitrogens with zero attached hydrogens (tertiary/aromatic N) is 1. The van der Waals surface area contributed by atoms with Crippen LogP contribution in [0.15, 0.2) is 42.5 Å². The van der Waals surface area contributed by atoms with Gasteiger partial charge in [-0.25, -0.2) is 0 Å². The number of non-ortho nitro benzene ring substituents is 1. The third-order valence-electron chi connectivity index (χ3n) is 3.06. The van der Waals surface area contributed by atoms with Gasteiger partial charge < -0.3 is 10.4 Å².